The van der Waals surface area contributed by atoms with Crippen LogP contribution in [-0.2, 0) is 17.5 Å². The number of fused-ring (bicyclic) bond motifs is 1. The number of hydrogen-bond donors (Lipinski definition) is 1. The van der Waals surface area contributed by atoms with Crippen molar-refractivity contribution in [2.24, 2.45) is 11.7 Å². The highest BCUT2D eigenvalue weighted by Crippen LogP contribution is 2.32. The number of alkyl halides is 3. The van der Waals surface area contributed by atoms with Crippen LogP contribution in [0.2, 0.25) is 0 Å². The van der Waals surface area contributed by atoms with Gasteiger partial charge in [0.05, 0.1) is 11.0 Å². The largest absolute Gasteiger partial charge is 0.449 e. The Balaban J connectivity index is 0.00000225. The molecule has 2 heterocycles. The number of carbonyl (C=O) groups is 1. The van der Waals surface area contributed by atoms with Crippen LogP contribution in [0.4, 0.5) is 13.2 Å². The summed E-state index contributed by atoms with van der Waals surface area (Å²) >= 11 is 0. The third-order valence-electron chi connectivity index (χ3n) is 4.52. The molecule has 25 heavy (non-hydrogen) atoms. The summed E-state index contributed by atoms with van der Waals surface area (Å²) in [6.45, 7) is 2.47. The maximum atomic E-state index is 13.3. The number of halogens is 4. The molecule has 1 aliphatic rings. The lowest BCUT2D eigenvalue weighted by Gasteiger charge is -2.22. The summed E-state index contributed by atoms with van der Waals surface area (Å²) in [5, 5.41) is 0. The Morgan fingerprint density at radius 3 is 2.64 bits per heavy atom. The van der Waals surface area contributed by atoms with Crippen molar-refractivity contribution in [1.29, 1.82) is 0 Å². The first-order chi connectivity index (χ1) is 11.3. The van der Waals surface area contributed by atoms with Crippen molar-refractivity contribution < 1.29 is 18.0 Å². The molecule has 0 bridgehead atoms. The molecular formula is C16H20ClF3N4O. The second-order valence-corrected chi connectivity index (χ2v) is 6.24. The maximum Gasteiger partial charge on any atom is 0.449 e. The van der Waals surface area contributed by atoms with Crippen LogP contribution >= 0.6 is 12.4 Å². The van der Waals surface area contributed by atoms with Crippen LogP contribution in [0.15, 0.2) is 24.3 Å². The van der Waals surface area contributed by atoms with Crippen molar-refractivity contribution in [2.75, 3.05) is 13.1 Å². The number of amides is 1. The zero-order chi connectivity index (χ0) is 17.5. The van der Waals surface area contributed by atoms with Crippen molar-refractivity contribution in [3.8, 4) is 0 Å². The summed E-state index contributed by atoms with van der Waals surface area (Å²) in [7, 11) is 0. The number of benzene rings is 1. The zero-order valence-corrected chi connectivity index (χ0v) is 14.5. The van der Waals surface area contributed by atoms with Gasteiger partial charge in [-0.15, -0.1) is 12.4 Å². The molecule has 9 heteroatoms. The highest BCUT2D eigenvalue weighted by Gasteiger charge is 2.39. The van der Waals surface area contributed by atoms with Crippen LogP contribution in [0, 0.1) is 5.92 Å². The van der Waals surface area contributed by atoms with E-state index < -0.39 is 12.0 Å². The van der Waals surface area contributed by atoms with Gasteiger partial charge in [0.2, 0.25) is 11.7 Å². The molecular weight excluding hydrogens is 357 g/mol. The van der Waals surface area contributed by atoms with E-state index in [1.807, 2.05) is 6.92 Å². The predicted molar refractivity (Wildman–Crippen MR) is 90.3 cm³/mol. The van der Waals surface area contributed by atoms with Crippen LogP contribution < -0.4 is 5.73 Å². The maximum absolute atomic E-state index is 13.3. The van der Waals surface area contributed by atoms with Gasteiger partial charge in [-0.2, -0.15) is 13.2 Å². The monoisotopic (exact) mass is 376 g/mol. The van der Waals surface area contributed by atoms with Gasteiger partial charge in [-0.05, 0) is 37.9 Å². The van der Waals surface area contributed by atoms with Crippen LogP contribution in [0.5, 0.6) is 0 Å². The number of likely N-dealkylation sites (tertiary alicyclic amines) is 1. The fourth-order valence-corrected chi connectivity index (χ4v) is 3.34. The normalized spacial score (nSPS) is 20.8. The van der Waals surface area contributed by atoms with Crippen molar-refractivity contribution in [3.05, 3.63) is 30.1 Å². The Labute approximate surface area is 149 Å². The number of nitrogens with zero attached hydrogens (tertiary/aromatic N) is 3. The van der Waals surface area contributed by atoms with E-state index in [0.717, 1.165) is 11.0 Å². The van der Waals surface area contributed by atoms with E-state index in [1.54, 1.807) is 23.1 Å². The first-order valence-corrected chi connectivity index (χ1v) is 7.83. The fraction of sp³-hybridized carbons (Fsp3) is 0.500. The summed E-state index contributed by atoms with van der Waals surface area (Å²) in [4.78, 5) is 17.9. The zero-order valence-electron chi connectivity index (χ0n) is 13.7. The molecule has 1 saturated heterocycles. The number of hydrogen-bond acceptors (Lipinski definition) is 3. The van der Waals surface area contributed by atoms with E-state index in [0.29, 0.717) is 18.6 Å². The number of imidazole rings is 1. The Hall–Kier alpha value is -1.80. The molecule has 2 atom stereocenters. The standard InChI is InChI=1S/C16H19F3N4O.ClH/c1-10-6-11(7-20)8-22(10)14(24)9-23-13-5-3-2-4-12(13)21-15(23)16(17,18)19;/h2-5,10-11H,6-9,20H2,1H3;1H. The number of para-hydroxylation sites is 2. The second-order valence-electron chi connectivity index (χ2n) is 6.24. The van der Waals surface area contributed by atoms with Crippen LogP contribution in [0.3, 0.4) is 0 Å². The molecule has 1 aromatic heterocycles. The predicted octanol–water partition coefficient (Wildman–Crippen LogP) is 2.67. The number of aromatic nitrogens is 2. The first kappa shape index (κ1) is 19.5. The van der Waals surface area contributed by atoms with E-state index in [9.17, 15) is 18.0 Å². The molecule has 1 aromatic carbocycles. The molecule has 1 amide bonds. The molecule has 1 aliphatic heterocycles. The summed E-state index contributed by atoms with van der Waals surface area (Å²) in [5.74, 6) is -1.18. The minimum atomic E-state index is -4.62. The molecule has 2 N–H and O–H groups in total. The average Bonchev–Trinajstić information content (AvgIpc) is 3.08. The Morgan fingerprint density at radius 2 is 2.04 bits per heavy atom. The minimum Gasteiger partial charge on any atom is -0.338 e. The number of carbonyl (C=O) groups excluding carboxylic acids is 1. The molecule has 0 radical (unpaired) electrons. The van der Waals surface area contributed by atoms with E-state index in [2.05, 4.69) is 4.98 Å². The van der Waals surface area contributed by atoms with Gasteiger partial charge in [0.25, 0.3) is 0 Å². The van der Waals surface area contributed by atoms with Gasteiger partial charge in [0.15, 0.2) is 0 Å². The summed E-state index contributed by atoms with van der Waals surface area (Å²) < 4.78 is 40.8. The van der Waals surface area contributed by atoms with Crippen molar-refractivity contribution in [1.82, 2.24) is 14.5 Å². The SMILES string of the molecule is CC1CC(CN)CN1C(=O)Cn1c(C(F)(F)F)nc2ccccc21.Cl. The van der Waals surface area contributed by atoms with Gasteiger partial charge >= 0.3 is 6.18 Å². The first-order valence-electron chi connectivity index (χ1n) is 7.83. The Morgan fingerprint density at radius 1 is 1.36 bits per heavy atom. The van der Waals surface area contributed by atoms with E-state index in [-0.39, 0.29) is 42.3 Å². The number of rotatable bonds is 3. The molecule has 2 unspecified atom stereocenters. The van der Waals surface area contributed by atoms with Gasteiger partial charge < -0.3 is 15.2 Å². The van der Waals surface area contributed by atoms with Gasteiger partial charge in [-0.3, -0.25) is 4.79 Å². The Kier molecular flexibility index (Phi) is 5.63. The number of nitrogens with two attached hydrogens (primary N) is 1. The molecule has 0 spiro atoms. The van der Waals surface area contributed by atoms with Gasteiger partial charge in [-0.1, -0.05) is 12.1 Å². The summed E-state index contributed by atoms with van der Waals surface area (Å²) in [6.07, 6.45) is -3.84. The molecule has 0 saturated carbocycles. The van der Waals surface area contributed by atoms with E-state index >= 15 is 0 Å². The van der Waals surface area contributed by atoms with Crippen LogP contribution in [0.1, 0.15) is 19.2 Å². The lowest BCUT2D eigenvalue weighted by Crippen LogP contribution is -2.37. The van der Waals surface area contributed by atoms with Gasteiger partial charge in [0.1, 0.15) is 6.54 Å². The fourth-order valence-electron chi connectivity index (χ4n) is 3.34. The minimum absolute atomic E-state index is 0. The molecule has 5 nitrogen and oxygen atoms in total. The lowest BCUT2D eigenvalue weighted by molar-refractivity contribution is -0.148. The summed E-state index contributed by atoms with van der Waals surface area (Å²) in [6, 6.07) is 6.29. The van der Waals surface area contributed by atoms with Gasteiger partial charge in [-0.25, -0.2) is 4.98 Å². The summed E-state index contributed by atoms with van der Waals surface area (Å²) in [5.41, 5.74) is 6.18. The highest BCUT2D eigenvalue weighted by atomic mass is 35.5. The average molecular weight is 377 g/mol. The van der Waals surface area contributed by atoms with Crippen molar-refractivity contribution in [2.45, 2.75) is 32.1 Å². The topological polar surface area (TPSA) is 64.2 Å². The molecule has 138 valence electrons. The Bertz CT molecular complexity index is 761. The highest BCUT2D eigenvalue weighted by molar-refractivity contribution is 5.85. The molecule has 2 aromatic rings. The van der Waals surface area contributed by atoms with E-state index in [1.165, 1.54) is 6.07 Å². The van der Waals surface area contributed by atoms with Crippen molar-refractivity contribution >= 4 is 29.3 Å². The lowest BCUT2D eigenvalue weighted by atomic mass is 10.1. The second kappa shape index (κ2) is 7.21. The third kappa shape index (κ3) is 3.74. The van der Waals surface area contributed by atoms with Crippen LogP contribution in [0.25, 0.3) is 11.0 Å². The quantitative estimate of drug-likeness (QED) is 0.895. The third-order valence-corrected chi connectivity index (χ3v) is 4.52. The van der Waals surface area contributed by atoms with Gasteiger partial charge in [0, 0.05) is 12.6 Å². The molecule has 3 rings (SSSR count). The smallest absolute Gasteiger partial charge is 0.338 e. The van der Waals surface area contributed by atoms with Crippen LogP contribution in [-0.4, -0.2) is 39.5 Å². The molecule has 1 fully saturated rings. The van der Waals surface area contributed by atoms with Crippen molar-refractivity contribution in [3.63, 3.8) is 0 Å². The molecule has 0 aliphatic carbocycles. The van der Waals surface area contributed by atoms with E-state index in [4.69, 9.17) is 5.73 Å².